The summed E-state index contributed by atoms with van der Waals surface area (Å²) in [4.78, 5) is 28.5. The van der Waals surface area contributed by atoms with Gasteiger partial charge in [0.05, 0.1) is 5.56 Å². The number of fused-ring (bicyclic) bond motifs is 3. The van der Waals surface area contributed by atoms with Crippen LogP contribution in [-0.4, -0.2) is 23.5 Å². The van der Waals surface area contributed by atoms with Gasteiger partial charge in [0, 0.05) is 22.3 Å². The number of para-hydroxylation sites is 1. The Morgan fingerprint density at radius 2 is 1.77 bits per heavy atom. The monoisotopic (exact) mass is 404 g/mol. The maximum Gasteiger partial charge on any atom is 0.338 e. The maximum atomic E-state index is 12.6. The molecule has 0 saturated heterocycles. The smallest absolute Gasteiger partial charge is 0.338 e. The Hall–Kier alpha value is -3.08. The van der Waals surface area contributed by atoms with E-state index in [1.807, 2.05) is 30.3 Å². The number of hydrogen-bond donors (Lipinski definition) is 2. The van der Waals surface area contributed by atoms with Crippen molar-refractivity contribution in [2.24, 2.45) is 0 Å². The second-order valence-electron chi connectivity index (χ2n) is 7.83. The van der Waals surface area contributed by atoms with Crippen LogP contribution in [0.4, 0.5) is 5.69 Å². The van der Waals surface area contributed by atoms with Crippen molar-refractivity contribution in [3.05, 3.63) is 64.3 Å². The maximum absolute atomic E-state index is 12.6. The van der Waals surface area contributed by atoms with Gasteiger partial charge in [-0.1, -0.05) is 32.0 Å². The van der Waals surface area contributed by atoms with E-state index in [1.165, 1.54) is 24.1 Å². The van der Waals surface area contributed by atoms with Gasteiger partial charge in [0.1, 0.15) is 0 Å². The van der Waals surface area contributed by atoms with Crippen LogP contribution < -0.4 is 5.32 Å². The van der Waals surface area contributed by atoms with Gasteiger partial charge in [-0.3, -0.25) is 4.79 Å². The third-order valence-corrected chi connectivity index (χ3v) is 5.93. The van der Waals surface area contributed by atoms with Gasteiger partial charge in [-0.25, -0.2) is 4.79 Å². The molecule has 2 aromatic carbocycles. The average molecular weight is 405 g/mol. The lowest BCUT2D eigenvalue weighted by molar-refractivity contribution is -0.119. The van der Waals surface area contributed by atoms with Gasteiger partial charge in [0.15, 0.2) is 6.61 Å². The Labute approximate surface area is 176 Å². The number of benzene rings is 2. The highest BCUT2D eigenvalue weighted by Gasteiger charge is 2.18. The first-order valence-corrected chi connectivity index (χ1v) is 10.8. The lowest BCUT2D eigenvalue weighted by atomic mass is 9.95. The second kappa shape index (κ2) is 8.74. The van der Waals surface area contributed by atoms with Crippen molar-refractivity contribution in [1.82, 2.24) is 4.98 Å². The summed E-state index contributed by atoms with van der Waals surface area (Å²) in [6.45, 7) is 3.81. The van der Waals surface area contributed by atoms with Gasteiger partial charge < -0.3 is 15.0 Å². The van der Waals surface area contributed by atoms with Gasteiger partial charge in [0.25, 0.3) is 5.91 Å². The van der Waals surface area contributed by atoms with E-state index in [0.717, 1.165) is 53.4 Å². The molecule has 2 N–H and O–H groups in total. The molecule has 5 nitrogen and oxygen atoms in total. The number of anilines is 1. The molecule has 1 aliphatic carbocycles. The minimum absolute atomic E-state index is 0.302. The van der Waals surface area contributed by atoms with Crippen LogP contribution in [0.2, 0.25) is 0 Å². The minimum atomic E-state index is -0.475. The summed E-state index contributed by atoms with van der Waals surface area (Å²) in [5, 5.41) is 4.02. The second-order valence-corrected chi connectivity index (χ2v) is 7.83. The van der Waals surface area contributed by atoms with Gasteiger partial charge >= 0.3 is 5.97 Å². The van der Waals surface area contributed by atoms with E-state index >= 15 is 0 Å². The fraction of sp³-hybridized carbons (Fsp3) is 0.360. The summed E-state index contributed by atoms with van der Waals surface area (Å²) in [5.41, 5.74) is 7.12. The number of esters is 1. The predicted molar refractivity (Wildman–Crippen MR) is 119 cm³/mol. The molecule has 30 heavy (non-hydrogen) atoms. The molecule has 0 fully saturated rings. The van der Waals surface area contributed by atoms with Crippen LogP contribution in [0.1, 0.15) is 59.4 Å². The number of carbonyl (C=O) groups excluding carboxylic acids is 2. The predicted octanol–water partition coefficient (Wildman–Crippen LogP) is 4.97. The van der Waals surface area contributed by atoms with Gasteiger partial charge in [-0.15, -0.1) is 0 Å². The number of carbonyl (C=O) groups is 2. The van der Waals surface area contributed by atoms with E-state index in [9.17, 15) is 9.59 Å². The van der Waals surface area contributed by atoms with E-state index in [4.69, 9.17) is 4.74 Å². The van der Waals surface area contributed by atoms with Crippen LogP contribution in [0, 0.1) is 0 Å². The molecule has 0 saturated carbocycles. The SMILES string of the molecule is CCc1cccc(CC)c1NC(=O)COC(=O)c1ccc2[nH]c3c(c2c1)CCCC3. The molecule has 156 valence electrons. The van der Waals surface area contributed by atoms with Crippen molar-refractivity contribution in [3.63, 3.8) is 0 Å². The topological polar surface area (TPSA) is 71.2 Å². The Bertz CT molecular complexity index is 1070. The quantitative estimate of drug-likeness (QED) is 0.570. The molecule has 0 unspecified atom stereocenters. The number of aromatic nitrogens is 1. The molecule has 1 amide bonds. The van der Waals surface area contributed by atoms with Crippen molar-refractivity contribution < 1.29 is 14.3 Å². The van der Waals surface area contributed by atoms with E-state index < -0.39 is 5.97 Å². The number of H-pyrrole nitrogens is 1. The molecule has 1 aliphatic rings. The zero-order valence-electron chi connectivity index (χ0n) is 17.6. The summed E-state index contributed by atoms with van der Waals surface area (Å²) >= 11 is 0. The first-order valence-electron chi connectivity index (χ1n) is 10.8. The standard InChI is InChI=1S/C25H28N2O3/c1-3-16-8-7-9-17(4-2)24(16)27-23(28)15-30-25(29)18-12-13-22-20(14-18)19-10-5-6-11-21(19)26-22/h7-9,12-14,26H,3-6,10-11,15H2,1-2H3,(H,27,28). The van der Waals surface area contributed by atoms with Crippen molar-refractivity contribution in [3.8, 4) is 0 Å². The average Bonchev–Trinajstić information content (AvgIpc) is 3.15. The highest BCUT2D eigenvalue weighted by Crippen LogP contribution is 2.30. The third-order valence-electron chi connectivity index (χ3n) is 5.93. The zero-order chi connectivity index (χ0) is 21.1. The number of ether oxygens (including phenoxy) is 1. The van der Waals surface area contributed by atoms with Crippen molar-refractivity contribution in [2.45, 2.75) is 52.4 Å². The number of amides is 1. The van der Waals surface area contributed by atoms with Gasteiger partial charge in [-0.2, -0.15) is 0 Å². The Balaban J connectivity index is 1.44. The first kappa shape index (κ1) is 20.2. The highest BCUT2D eigenvalue weighted by molar-refractivity contribution is 5.99. The summed E-state index contributed by atoms with van der Waals surface area (Å²) < 4.78 is 5.32. The Morgan fingerprint density at radius 1 is 1.03 bits per heavy atom. The van der Waals surface area contributed by atoms with Crippen LogP contribution >= 0.6 is 0 Å². The van der Waals surface area contributed by atoms with Crippen molar-refractivity contribution >= 4 is 28.5 Å². The summed E-state index contributed by atoms with van der Waals surface area (Å²) in [6, 6.07) is 11.6. The van der Waals surface area contributed by atoms with E-state index in [-0.39, 0.29) is 12.5 Å². The van der Waals surface area contributed by atoms with Crippen LogP contribution in [-0.2, 0) is 35.2 Å². The molecule has 5 heteroatoms. The summed E-state index contributed by atoms with van der Waals surface area (Å²) in [7, 11) is 0. The number of hydrogen-bond acceptors (Lipinski definition) is 3. The third kappa shape index (κ3) is 3.97. The lowest BCUT2D eigenvalue weighted by Crippen LogP contribution is -2.22. The molecule has 0 radical (unpaired) electrons. The number of rotatable bonds is 6. The first-order chi connectivity index (χ1) is 14.6. The van der Waals surface area contributed by atoms with E-state index in [2.05, 4.69) is 24.1 Å². The molecule has 3 aromatic rings. The van der Waals surface area contributed by atoms with Crippen LogP contribution in [0.25, 0.3) is 10.9 Å². The van der Waals surface area contributed by atoms with Crippen molar-refractivity contribution in [1.29, 1.82) is 0 Å². The fourth-order valence-corrected chi connectivity index (χ4v) is 4.33. The fourth-order valence-electron chi connectivity index (χ4n) is 4.33. The normalized spacial score (nSPS) is 13.1. The summed E-state index contributed by atoms with van der Waals surface area (Å²) in [5.74, 6) is -0.795. The summed E-state index contributed by atoms with van der Waals surface area (Å²) in [6.07, 6.45) is 6.11. The van der Waals surface area contributed by atoms with Crippen LogP contribution in [0.15, 0.2) is 36.4 Å². The molecule has 0 bridgehead atoms. The largest absolute Gasteiger partial charge is 0.452 e. The molecule has 1 aromatic heterocycles. The van der Waals surface area contributed by atoms with E-state index in [1.54, 1.807) is 6.07 Å². The Kier molecular flexibility index (Phi) is 5.88. The highest BCUT2D eigenvalue weighted by atomic mass is 16.5. The Morgan fingerprint density at radius 3 is 2.50 bits per heavy atom. The van der Waals surface area contributed by atoms with Crippen molar-refractivity contribution in [2.75, 3.05) is 11.9 Å². The van der Waals surface area contributed by atoms with Gasteiger partial charge in [-0.05, 0) is 73.4 Å². The molecule has 0 aliphatic heterocycles. The molecular weight excluding hydrogens is 376 g/mol. The number of aromatic amines is 1. The number of nitrogens with one attached hydrogen (secondary N) is 2. The molecular formula is C25H28N2O3. The van der Waals surface area contributed by atoms with Gasteiger partial charge in [0.2, 0.25) is 0 Å². The van der Waals surface area contributed by atoms with Crippen LogP contribution in [0.3, 0.4) is 0 Å². The van der Waals surface area contributed by atoms with Crippen LogP contribution in [0.5, 0.6) is 0 Å². The lowest BCUT2D eigenvalue weighted by Gasteiger charge is -2.14. The molecule has 0 spiro atoms. The number of aryl methyl sites for hydroxylation is 4. The molecule has 0 atom stereocenters. The molecule has 4 rings (SSSR count). The zero-order valence-corrected chi connectivity index (χ0v) is 17.6. The minimum Gasteiger partial charge on any atom is -0.452 e. The van der Waals surface area contributed by atoms with E-state index in [0.29, 0.717) is 5.56 Å². The molecule has 1 heterocycles.